The second-order valence-corrected chi connectivity index (χ2v) is 3.47. The molecule has 0 aliphatic carbocycles. The van der Waals surface area contributed by atoms with Gasteiger partial charge in [-0.15, -0.1) is 0 Å². The minimum absolute atomic E-state index is 0.0324. The molecular weight excluding hydrogens is 192 g/mol. The van der Waals surface area contributed by atoms with Crippen LogP contribution in [0.2, 0.25) is 0 Å². The van der Waals surface area contributed by atoms with Gasteiger partial charge in [-0.1, -0.05) is 13.3 Å². The van der Waals surface area contributed by atoms with Crippen molar-refractivity contribution in [3.8, 4) is 0 Å². The van der Waals surface area contributed by atoms with Crippen LogP contribution in [0.25, 0.3) is 0 Å². The van der Waals surface area contributed by atoms with E-state index in [1.54, 1.807) is 0 Å². The van der Waals surface area contributed by atoms with Crippen LogP contribution in [-0.4, -0.2) is 22.6 Å². The Balaban J connectivity index is 2.39. The first-order chi connectivity index (χ1) is 7.26. The summed E-state index contributed by atoms with van der Waals surface area (Å²) in [6, 6.07) is 1.86. The Morgan fingerprint density at radius 3 is 3.13 bits per heavy atom. The Bertz CT molecular complexity index is 308. The zero-order valence-electron chi connectivity index (χ0n) is 9.05. The molecule has 0 unspecified atom stereocenters. The Kier molecular flexibility index (Phi) is 4.83. The molecule has 0 aliphatic rings. The van der Waals surface area contributed by atoms with E-state index in [0.717, 1.165) is 18.5 Å². The standard InChI is InChI=1S/C10H18N4O/c1-2-4-8-7-9(14-13-8)12-10(15)5-3-6-11/h7H,2-6,11H2,1H3,(H2,12,13,14,15). The first kappa shape index (κ1) is 11.7. The molecule has 4 N–H and O–H groups in total. The highest BCUT2D eigenvalue weighted by Crippen LogP contribution is 2.07. The third-order valence-electron chi connectivity index (χ3n) is 2.03. The zero-order chi connectivity index (χ0) is 11.1. The maximum atomic E-state index is 11.3. The molecule has 5 heteroatoms. The second kappa shape index (κ2) is 6.19. The number of rotatable bonds is 6. The Labute approximate surface area is 89.4 Å². The molecule has 0 atom stereocenters. The summed E-state index contributed by atoms with van der Waals surface area (Å²) in [5.74, 6) is 0.565. The van der Waals surface area contributed by atoms with E-state index < -0.39 is 0 Å². The van der Waals surface area contributed by atoms with Gasteiger partial charge in [0.1, 0.15) is 0 Å². The number of nitrogens with zero attached hydrogens (tertiary/aromatic N) is 1. The van der Waals surface area contributed by atoms with Gasteiger partial charge in [0.05, 0.1) is 0 Å². The molecule has 1 amide bonds. The molecule has 0 saturated carbocycles. The molecule has 5 nitrogen and oxygen atoms in total. The lowest BCUT2D eigenvalue weighted by Gasteiger charge is -1.99. The van der Waals surface area contributed by atoms with E-state index in [9.17, 15) is 4.79 Å². The first-order valence-corrected chi connectivity index (χ1v) is 5.30. The highest BCUT2D eigenvalue weighted by Gasteiger charge is 2.04. The summed E-state index contributed by atoms with van der Waals surface area (Å²) in [4.78, 5) is 11.3. The van der Waals surface area contributed by atoms with Gasteiger partial charge in [-0.05, 0) is 19.4 Å². The molecular formula is C10H18N4O. The number of nitrogens with one attached hydrogen (secondary N) is 2. The summed E-state index contributed by atoms with van der Waals surface area (Å²) < 4.78 is 0. The maximum absolute atomic E-state index is 11.3. The number of aromatic nitrogens is 2. The van der Waals surface area contributed by atoms with Gasteiger partial charge in [-0.3, -0.25) is 9.89 Å². The van der Waals surface area contributed by atoms with E-state index in [0.29, 0.717) is 25.2 Å². The quantitative estimate of drug-likeness (QED) is 0.656. The van der Waals surface area contributed by atoms with Gasteiger partial charge in [0, 0.05) is 18.2 Å². The van der Waals surface area contributed by atoms with E-state index in [-0.39, 0.29) is 5.91 Å². The van der Waals surface area contributed by atoms with Gasteiger partial charge in [-0.25, -0.2) is 0 Å². The predicted octanol–water partition coefficient (Wildman–Crippen LogP) is 1.04. The highest BCUT2D eigenvalue weighted by atomic mass is 16.1. The van der Waals surface area contributed by atoms with Crippen LogP contribution in [0, 0.1) is 0 Å². The molecule has 1 aromatic rings. The average Bonchev–Trinajstić information content (AvgIpc) is 2.63. The molecule has 0 aromatic carbocycles. The fraction of sp³-hybridized carbons (Fsp3) is 0.600. The normalized spacial score (nSPS) is 10.3. The van der Waals surface area contributed by atoms with Crippen molar-refractivity contribution in [1.29, 1.82) is 0 Å². The molecule has 0 radical (unpaired) electrons. The van der Waals surface area contributed by atoms with Crippen LogP contribution in [0.5, 0.6) is 0 Å². The molecule has 1 rings (SSSR count). The third-order valence-corrected chi connectivity index (χ3v) is 2.03. The van der Waals surface area contributed by atoms with Gasteiger partial charge < -0.3 is 11.1 Å². The van der Waals surface area contributed by atoms with Crippen molar-refractivity contribution in [2.24, 2.45) is 5.73 Å². The lowest BCUT2D eigenvalue weighted by molar-refractivity contribution is -0.116. The molecule has 0 spiro atoms. The zero-order valence-corrected chi connectivity index (χ0v) is 9.05. The fourth-order valence-corrected chi connectivity index (χ4v) is 1.29. The minimum Gasteiger partial charge on any atom is -0.330 e. The topological polar surface area (TPSA) is 83.8 Å². The van der Waals surface area contributed by atoms with Crippen molar-refractivity contribution in [3.05, 3.63) is 11.8 Å². The summed E-state index contributed by atoms with van der Waals surface area (Å²) in [5.41, 5.74) is 6.36. The van der Waals surface area contributed by atoms with Crippen molar-refractivity contribution < 1.29 is 4.79 Å². The van der Waals surface area contributed by atoms with Crippen LogP contribution in [0.3, 0.4) is 0 Å². The van der Waals surface area contributed by atoms with Crippen molar-refractivity contribution in [2.45, 2.75) is 32.6 Å². The number of hydrogen-bond acceptors (Lipinski definition) is 3. The largest absolute Gasteiger partial charge is 0.330 e. The summed E-state index contributed by atoms with van der Waals surface area (Å²) in [6.07, 6.45) is 3.17. The first-order valence-electron chi connectivity index (χ1n) is 5.30. The SMILES string of the molecule is CCCc1cc(NC(=O)CCCN)n[nH]1. The third kappa shape index (κ3) is 4.12. The number of carbonyl (C=O) groups excluding carboxylic acids is 1. The van der Waals surface area contributed by atoms with Crippen molar-refractivity contribution in [2.75, 3.05) is 11.9 Å². The number of hydrogen-bond donors (Lipinski definition) is 3. The number of amides is 1. The van der Waals surface area contributed by atoms with Crippen LogP contribution in [0.15, 0.2) is 6.07 Å². The van der Waals surface area contributed by atoms with Crippen LogP contribution in [0.1, 0.15) is 31.9 Å². The monoisotopic (exact) mass is 210 g/mol. The van der Waals surface area contributed by atoms with E-state index >= 15 is 0 Å². The van der Waals surface area contributed by atoms with E-state index in [1.165, 1.54) is 0 Å². The van der Waals surface area contributed by atoms with E-state index in [4.69, 9.17) is 5.73 Å². The number of H-pyrrole nitrogens is 1. The van der Waals surface area contributed by atoms with Crippen LogP contribution in [0.4, 0.5) is 5.82 Å². The van der Waals surface area contributed by atoms with Gasteiger partial charge in [0.15, 0.2) is 5.82 Å². The molecule has 0 bridgehead atoms. The average molecular weight is 210 g/mol. The maximum Gasteiger partial charge on any atom is 0.225 e. The van der Waals surface area contributed by atoms with E-state index in [1.807, 2.05) is 6.07 Å². The van der Waals surface area contributed by atoms with Gasteiger partial charge in [-0.2, -0.15) is 5.10 Å². The van der Waals surface area contributed by atoms with Crippen LogP contribution < -0.4 is 11.1 Å². The summed E-state index contributed by atoms with van der Waals surface area (Å²) >= 11 is 0. The second-order valence-electron chi connectivity index (χ2n) is 3.47. The van der Waals surface area contributed by atoms with Crippen LogP contribution >= 0.6 is 0 Å². The summed E-state index contributed by atoms with van der Waals surface area (Å²) in [6.45, 7) is 2.63. The molecule has 1 heterocycles. The molecule has 1 aromatic heterocycles. The Morgan fingerprint density at radius 1 is 1.67 bits per heavy atom. The highest BCUT2D eigenvalue weighted by molar-refractivity contribution is 5.89. The Hall–Kier alpha value is -1.36. The molecule has 0 fully saturated rings. The molecule has 0 saturated heterocycles. The Morgan fingerprint density at radius 2 is 2.47 bits per heavy atom. The van der Waals surface area contributed by atoms with Crippen molar-refractivity contribution >= 4 is 11.7 Å². The number of nitrogens with two attached hydrogens (primary N) is 1. The number of aryl methyl sites for hydroxylation is 1. The fourth-order valence-electron chi connectivity index (χ4n) is 1.29. The van der Waals surface area contributed by atoms with Crippen LogP contribution in [-0.2, 0) is 11.2 Å². The summed E-state index contributed by atoms with van der Waals surface area (Å²) in [7, 11) is 0. The lowest BCUT2D eigenvalue weighted by atomic mass is 10.2. The smallest absolute Gasteiger partial charge is 0.225 e. The summed E-state index contributed by atoms with van der Waals surface area (Å²) in [5, 5.41) is 9.59. The lowest BCUT2D eigenvalue weighted by Crippen LogP contribution is -2.13. The van der Waals surface area contributed by atoms with Gasteiger partial charge in [0.2, 0.25) is 5.91 Å². The number of carbonyl (C=O) groups is 1. The minimum atomic E-state index is -0.0324. The molecule has 15 heavy (non-hydrogen) atoms. The van der Waals surface area contributed by atoms with Crippen molar-refractivity contribution in [3.63, 3.8) is 0 Å². The molecule has 0 aliphatic heterocycles. The number of aromatic amines is 1. The van der Waals surface area contributed by atoms with E-state index in [2.05, 4.69) is 22.4 Å². The van der Waals surface area contributed by atoms with Gasteiger partial charge >= 0.3 is 0 Å². The number of anilines is 1. The molecule has 84 valence electrons. The van der Waals surface area contributed by atoms with Gasteiger partial charge in [0.25, 0.3) is 0 Å². The van der Waals surface area contributed by atoms with Crippen molar-refractivity contribution in [1.82, 2.24) is 10.2 Å². The predicted molar refractivity (Wildman–Crippen MR) is 59.5 cm³/mol.